The van der Waals surface area contributed by atoms with Crippen LogP contribution >= 0.6 is 11.6 Å². The van der Waals surface area contributed by atoms with E-state index >= 15 is 0 Å². The Balaban J connectivity index is 1.97. The zero-order valence-corrected chi connectivity index (χ0v) is 12.3. The third-order valence-corrected chi connectivity index (χ3v) is 3.55. The summed E-state index contributed by atoms with van der Waals surface area (Å²) in [4.78, 5) is 12.2. The maximum Gasteiger partial charge on any atom is 0.291 e. The summed E-state index contributed by atoms with van der Waals surface area (Å²) in [6.45, 7) is 1.38. The highest BCUT2D eigenvalue weighted by molar-refractivity contribution is 6.32. The van der Waals surface area contributed by atoms with Gasteiger partial charge in [0, 0.05) is 20.2 Å². The van der Waals surface area contributed by atoms with E-state index in [2.05, 4.69) is 10.4 Å². The zero-order chi connectivity index (χ0) is 14.5. The number of nitrogens with zero attached hydrogens (tertiary/aromatic N) is 2. The lowest BCUT2D eigenvalue weighted by Crippen LogP contribution is -2.28. The largest absolute Gasteiger partial charge is 0.391 e. The molecule has 0 saturated heterocycles. The van der Waals surface area contributed by atoms with Gasteiger partial charge in [-0.3, -0.25) is 4.79 Å². The quantitative estimate of drug-likeness (QED) is 0.752. The Morgan fingerprint density at radius 1 is 1.65 bits per heavy atom. The van der Waals surface area contributed by atoms with Crippen LogP contribution in [0.3, 0.4) is 0 Å². The first-order valence-electron chi connectivity index (χ1n) is 6.78. The molecule has 1 saturated carbocycles. The first-order valence-corrected chi connectivity index (χ1v) is 7.16. The normalized spacial score (nSPS) is 16.1. The molecule has 1 aliphatic carbocycles. The minimum atomic E-state index is -0.554. The van der Waals surface area contributed by atoms with Gasteiger partial charge < -0.3 is 15.2 Å². The van der Waals surface area contributed by atoms with Crippen LogP contribution in [0.2, 0.25) is 5.02 Å². The number of aromatic nitrogens is 2. The standard InChI is InChI=1S/C13H20ClN3O3/c1-20-8-10(18)4-5-15-12-11(14)6-16-17(13(12)19)7-9-2-3-9/h6,9-10,15,18H,2-5,7-8H2,1H3. The molecule has 1 fully saturated rings. The summed E-state index contributed by atoms with van der Waals surface area (Å²) in [6, 6.07) is 0. The molecule has 1 heterocycles. The van der Waals surface area contributed by atoms with Crippen molar-refractivity contribution in [1.29, 1.82) is 0 Å². The molecule has 0 bridgehead atoms. The lowest BCUT2D eigenvalue weighted by molar-refractivity contribution is 0.0615. The molecule has 20 heavy (non-hydrogen) atoms. The molecule has 1 atom stereocenters. The van der Waals surface area contributed by atoms with Gasteiger partial charge >= 0.3 is 0 Å². The topological polar surface area (TPSA) is 76.4 Å². The summed E-state index contributed by atoms with van der Waals surface area (Å²) < 4.78 is 6.30. The molecule has 0 spiro atoms. The summed E-state index contributed by atoms with van der Waals surface area (Å²) in [5.41, 5.74) is 0.151. The molecule has 0 aliphatic heterocycles. The third kappa shape index (κ3) is 4.19. The van der Waals surface area contributed by atoms with E-state index < -0.39 is 6.10 Å². The monoisotopic (exact) mass is 301 g/mol. The summed E-state index contributed by atoms with van der Waals surface area (Å²) >= 11 is 6.00. The Kier molecular flexibility index (Phi) is 5.39. The first kappa shape index (κ1) is 15.3. The van der Waals surface area contributed by atoms with Gasteiger partial charge in [0.15, 0.2) is 0 Å². The van der Waals surface area contributed by atoms with Crippen LogP contribution in [-0.4, -0.2) is 41.3 Å². The van der Waals surface area contributed by atoms with Crippen molar-refractivity contribution in [3.05, 3.63) is 21.6 Å². The second kappa shape index (κ2) is 7.06. The lowest BCUT2D eigenvalue weighted by atomic mass is 10.2. The summed E-state index contributed by atoms with van der Waals surface area (Å²) in [5.74, 6) is 0.567. The van der Waals surface area contributed by atoms with E-state index in [1.165, 1.54) is 18.0 Å². The number of rotatable bonds is 8. The van der Waals surface area contributed by atoms with Crippen LogP contribution in [0.15, 0.2) is 11.0 Å². The molecule has 7 heteroatoms. The molecule has 2 N–H and O–H groups in total. The molecule has 0 amide bonds. The minimum Gasteiger partial charge on any atom is -0.391 e. The molecular weight excluding hydrogens is 282 g/mol. The molecule has 6 nitrogen and oxygen atoms in total. The molecule has 2 rings (SSSR count). The van der Waals surface area contributed by atoms with Crippen molar-refractivity contribution in [2.75, 3.05) is 25.6 Å². The molecule has 0 aromatic carbocycles. The fraction of sp³-hybridized carbons (Fsp3) is 0.692. The molecular formula is C13H20ClN3O3. The zero-order valence-electron chi connectivity index (χ0n) is 11.5. The van der Waals surface area contributed by atoms with Gasteiger partial charge in [-0.05, 0) is 25.2 Å². The van der Waals surface area contributed by atoms with Gasteiger partial charge in [0.05, 0.1) is 23.9 Å². The van der Waals surface area contributed by atoms with Crippen molar-refractivity contribution >= 4 is 17.3 Å². The van der Waals surface area contributed by atoms with Gasteiger partial charge in [-0.1, -0.05) is 11.6 Å². The molecule has 1 aromatic rings. The smallest absolute Gasteiger partial charge is 0.291 e. The number of aliphatic hydroxyl groups is 1. The highest BCUT2D eigenvalue weighted by Gasteiger charge is 2.23. The number of anilines is 1. The van der Waals surface area contributed by atoms with Crippen molar-refractivity contribution in [3.8, 4) is 0 Å². The van der Waals surface area contributed by atoms with Crippen LogP contribution in [0.5, 0.6) is 0 Å². The van der Waals surface area contributed by atoms with Gasteiger partial charge in [-0.25, -0.2) is 4.68 Å². The van der Waals surface area contributed by atoms with Crippen molar-refractivity contribution in [2.24, 2.45) is 5.92 Å². The average Bonchev–Trinajstić information content (AvgIpc) is 3.21. The van der Waals surface area contributed by atoms with Crippen LogP contribution in [0.1, 0.15) is 19.3 Å². The molecule has 1 unspecified atom stereocenters. The van der Waals surface area contributed by atoms with Crippen molar-refractivity contribution in [3.63, 3.8) is 0 Å². The van der Waals surface area contributed by atoms with Crippen LogP contribution in [-0.2, 0) is 11.3 Å². The van der Waals surface area contributed by atoms with Gasteiger partial charge in [0.25, 0.3) is 5.56 Å². The van der Waals surface area contributed by atoms with Crippen molar-refractivity contribution < 1.29 is 9.84 Å². The highest BCUT2D eigenvalue weighted by Crippen LogP contribution is 2.30. The van der Waals surface area contributed by atoms with E-state index in [4.69, 9.17) is 16.3 Å². The summed E-state index contributed by atoms with van der Waals surface area (Å²) in [5, 5.41) is 16.9. The predicted octanol–water partition coefficient (Wildman–Crippen LogP) is 1.12. The average molecular weight is 302 g/mol. The van der Waals surface area contributed by atoms with E-state index in [1.54, 1.807) is 0 Å². The predicted molar refractivity (Wildman–Crippen MR) is 77.2 cm³/mol. The van der Waals surface area contributed by atoms with E-state index in [-0.39, 0.29) is 12.2 Å². The second-order valence-corrected chi connectivity index (χ2v) is 5.53. The van der Waals surface area contributed by atoms with Gasteiger partial charge in [0.1, 0.15) is 5.69 Å². The van der Waals surface area contributed by atoms with E-state index in [1.807, 2.05) is 0 Å². The van der Waals surface area contributed by atoms with E-state index in [0.717, 1.165) is 12.8 Å². The van der Waals surface area contributed by atoms with Crippen LogP contribution in [0, 0.1) is 5.92 Å². The Labute approximate surface area is 122 Å². The fourth-order valence-corrected chi connectivity index (χ4v) is 2.13. The molecule has 112 valence electrons. The number of aliphatic hydroxyl groups excluding tert-OH is 1. The number of methoxy groups -OCH3 is 1. The van der Waals surface area contributed by atoms with E-state index in [0.29, 0.717) is 36.1 Å². The number of halogens is 1. The SMILES string of the molecule is COCC(O)CCNc1c(Cl)cnn(CC2CC2)c1=O. The number of ether oxygens (including phenoxy) is 1. The van der Waals surface area contributed by atoms with Gasteiger partial charge in [0.2, 0.25) is 0 Å². The number of nitrogens with one attached hydrogen (secondary N) is 1. The number of hydrogen-bond acceptors (Lipinski definition) is 5. The second-order valence-electron chi connectivity index (χ2n) is 5.12. The first-order chi connectivity index (χ1) is 9.61. The van der Waals surface area contributed by atoms with Crippen molar-refractivity contribution in [1.82, 2.24) is 9.78 Å². The molecule has 0 radical (unpaired) electrons. The maximum absolute atomic E-state index is 12.2. The lowest BCUT2D eigenvalue weighted by Gasteiger charge is -2.12. The van der Waals surface area contributed by atoms with E-state index in [9.17, 15) is 9.90 Å². The van der Waals surface area contributed by atoms with Gasteiger partial charge in [-0.2, -0.15) is 5.10 Å². The summed E-state index contributed by atoms with van der Waals surface area (Å²) in [6.07, 6.45) is 3.72. The van der Waals surface area contributed by atoms with Crippen LogP contribution in [0.4, 0.5) is 5.69 Å². The minimum absolute atomic E-state index is 0.203. The highest BCUT2D eigenvalue weighted by atomic mass is 35.5. The van der Waals surface area contributed by atoms with Gasteiger partial charge in [-0.15, -0.1) is 0 Å². The van der Waals surface area contributed by atoms with Crippen LogP contribution < -0.4 is 10.9 Å². The Morgan fingerprint density at radius 2 is 2.40 bits per heavy atom. The van der Waals surface area contributed by atoms with Crippen molar-refractivity contribution in [2.45, 2.75) is 31.9 Å². The third-order valence-electron chi connectivity index (χ3n) is 3.26. The summed E-state index contributed by atoms with van der Waals surface area (Å²) in [7, 11) is 1.53. The number of hydrogen-bond donors (Lipinski definition) is 2. The maximum atomic E-state index is 12.2. The fourth-order valence-electron chi connectivity index (χ4n) is 1.94. The van der Waals surface area contributed by atoms with Crippen LogP contribution in [0.25, 0.3) is 0 Å². The Bertz CT molecular complexity index is 502. The molecule has 1 aliphatic rings. The Morgan fingerprint density at radius 3 is 3.05 bits per heavy atom. The Hall–Kier alpha value is -1.11. The molecule has 1 aromatic heterocycles.